The van der Waals surface area contributed by atoms with E-state index in [1.165, 1.54) is 18.3 Å². The fourth-order valence-electron chi connectivity index (χ4n) is 2.11. The van der Waals surface area contributed by atoms with Crippen LogP contribution in [0.3, 0.4) is 0 Å². The van der Waals surface area contributed by atoms with E-state index in [0.717, 1.165) is 17.8 Å². The molecule has 3 aromatic rings. The van der Waals surface area contributed by atoms with Crippen molar-refractivity contribution in [2.75, 3.05) is 0 Å². The molecule has 8 heteroatoms. The van der Waals surface area contributed by atoms with Gasteiger partial charge in [0.1, 0.15) is 11.6 Å². The molecule has 0 aliphatic carbocycles. The monoisotopic (exact) mass is 356 g/mol. The number of hydrogen-bond acceptors (Lipinski definition) is 6. The summed E-state index contributed by atoms with van der Waals surface area (Å²) in [6, 6.07) is 9.12. The Labute approximate surface area is 146 Å². The van der Waals surface area contributed by atoms with Gasteiger partial charge in [-0.15, -0.1) is 0 Å². The van der Waals surface area contributed by atoms with Crippen molar-refractivity contribution in [1.82, 2.24) is 15.0 Å². The fourth-order valence-corrected chi connectivity index (χ4v) is 2.92. The smallest absolute Gasteiger partial charge is 0.233 e. The van der Waals surface area contributed by atoms with Crippen LogP contribution in [0.2, 0.25) is 0 Å². The second-order valence-electron chi connectivity index (χ2n) is 4.91. The molecule has 0 radical (unpaired) electrons. The van der Waals surface area contributed by atoms with Gasteiger partial charge in [0.15, 0.2) is 16.8 Å². The molecular weight excluding hydrogens is 346 g/mol. The van der Waals surface area contributed by atoms with E-state index in [-0.39, 0.29) is 27.7 Å². The average Bonchev–Trinajstić information content (AvgIpc) is 2.63. The quantitative estimate of drug-likeness (QED) is 0.567. The first kappa shape index (κ1) is 16.8. The molecule has 1 N–H and O–H groups in total. The Morgan fingerprint density at radius 2 is 2.00 bits per heavy atom. The number of halogens is 2. The number of benzene rings is 1. The molecule has 0 aliphatic heterocycles. The van der Waals surface area contributed by atoms with Crippen LogP contribution in [0, 0.1) is 23.0 Å². The Bertz CT molecular complexity index is 961. The molecular formula is C17H10F2N4OS. The molecule has 1 aromatic carbocycles. The normalized spacial score (nSPS) is 10.4. The van der Waals surface area contributed by atoms with Crippen LogP contribution in [-0.2, 0) is 5.75 Å². The first-order valence-corrected chi connectivity index (χ1v) is 8.06. The first-order valence-electron chi connectivity index (χ1n) is 7.07. The summed E-state index contributed by atoms with van der Waals surface area (Å²) in [7, 11) is 0. The lowest BCUT2D eigenvalue weighted by molar-refractivity contribution is 0.444. The molecule has 0 spiro atoms. The lowest BCUT2D eigenvalue weighted by Gasteiger charge is -2.08. The highest BCUT2D eigenvalue weighted by Crippen LogP contribution is 2.30. The van der Waals surface area contributed by atoms with Gasteiger partial charge in [-0.25, -0.2) is 13.8 Å². The van der Waals surface area contributed by atoms with Crippen LogP contribution in [-0.4, -0.2) is 20.1 Å². The minimum atomic E-state index is -0.933. The zero-order valence-corrected chi connectivity index (χ0v) is 13.5. The van der Waals surface area contributed by atoms with Crippen LogP contribution >= 0.6 is 11.8 Å². The Morgan fingerprint density at radius 3 is 2.72 bits per heavy atom. The average molecular weight is 356 g/mol. The predicted octanol–water partition coefficient (Wildman–Crippen LogP) is 3.69. The number of aromatic hydroxyl groups is 1. The van der Waals surface area contributed by atoms with Crippen LogP contribution in [0.4, 0.5) is 8.78 Å². The number of aromatic nitrogens is 3. The van der Waals surface area contributed by atoms with Crippen molar-refractivity contribution in [3.63, 3.8) is 0 Å². The van der Waals surface area contributed by atoms with Crippen LogP contribution in [0.1, 0.15) is 11.1 Å². The highest BCUT2D eigenvalue weighted by molar-refractivity contribution is 7.98. The van der Waals surface area contributed by atoms with Gasteiger partial charge in [-0.3, -0.25) is 4.98 Å². The summed E-state index contributed by atoms with van der Waals surface area (Å²) in [5.41, 5.74) is 0.843. The second-order valence-corrected chi connectivity index (χ2v) is 5.85. The van der Waals surface area contributed by atoms with E-state index in [1.807, 2.05) is 6.07 Å². The molecule has 0 aliphatic rings. The van der Waals surface area contributed by atoms with Gasteiger partial charge in [-0.1, -0.05) is 23.9 Å². The van der Waals surface area contributed by atoms with Crippen molar-refractivity contribution in [2.24, 2.45) is 0 Å². The van der Waals surface area contributed by atoms with E-state index in [4.69, 9.17) is 0 Å². The standard InChI is InChI=1S/C17H10F2N4OS/c18-13-5-1-3-11(14(13)19)9-25-17-22-15(10-4-2-6-21-8-10)12(7-20)16(24)23-17/h1-6,8H,9H2,(H,22,23,24). The molecule has 0 saturated heterocycles. The number of nitriles is 1. The molecule has 0 saturated carbocycles. The third kappa shape index (κ3) is 3.56. The maximum atomic E-state index is 13.7. The Hall–Kier alpha value is -3.05. The molecule has 0 atom stereocenters. The second kappa shape index (κ2) is 7.23. The molecule has 0 unspecified atom stereocenters. The lowest BCUT2D eigenvalue weighted by Crippen LogP contribution is -1.98. The zero-order chi connectivity index (χ0) is 17.8. The van der Waals surface area contributed by atoms with E-state index in [1.54, 1.807) is 18.3 Å². The van der Waals surface area contributed by atoms with Gasteiger partial charge >= 0.3 is 0 Å². The van der Waals surface area contributed by atoms with Gasteiger partial charge < -0.3 is 5.11 Å². The summed E-state index contributed by atoms with van der Waals surface area (Å²) < 4.78 is 27.0. The summed E-state index contributed by atoms with van der Waals surface area (Å²) in [4.78, 5) is 12.1. The third-order valence-corrected chi connectivity index (χ3v) is 4.20. The van der Waals surface area contributed by atoms with Gasteiger partial charge in [0, 0.05) is 29.3 Å². The maximum Gasteiger partial charge on any atom is 0.233 e. The topological polar surface area (TPSA) is 82.7 Å². The van der Waals surface area contributed by atoms with Gasteiger partial charge in [-0.2, -0.15) is 10.2 Å². The third-order valence-electron chi connectivity index (χ3n) is 3.30. The molecule has 124 valence electrons. The maximum absolute atomic E-state index is 13.7. The number of thioether (sulfide) groups is 1. The molecule has 0 fully saturated rings. The summed E-state index contributed by atoms with van der Waals surface area (Å²) in [6.45, 7) is 0. The Balaban J connectivity index is 1.94. The van der Waals surface area contributed by atoms with Crippen LogP contribution < -0.4 is 0 Å². The minimum absolute atomic E-state index is 0.0708. The number of rotatable bonds is 4. The minimum Gasteiger partial charge on any atom is -0.492 e. The summed E-state index contributed by atoms with van der Waals surface area (Å²) in [6.07, 6.45) is 3.07. The zero-order valence-electron chi connectivity index (χ0n) is 12.6. The van der Waals surface area contributed by atoms with E-state index in [0.29, 0.717) is 5.56 Å². The van der Waals surface area contributed by atoms with Crippen molar-refractivity contribution in [2.45, 2.75) is 10.9 Å². The van der Waals surface area contributed by atoms with Crippen molar-refractivity contribution >= 4 is 11.8 Å². The fraction of sp³-hybridized carbons (Fsp3) is 0.0588. The van der Waals surface area contributed by atoms with Gasteiger partial charge in [0.05, 0.1) is 5.69 Å². The molecule has 25 heavy (non-hydrogen) atoms. The molecule has 2 heterocycles. The SMILES string of the molecule is N#Cc1c(O)nc(SCc2cccc(F)c2F)nc1-c1cccnc1. The first-order chi connectivity index (χ1) is 12.1. The molecule has 2 aromatic heterocycles. The van der Waals surface area contributed by atoms with Crippen molar-refractivity contribution < 1.29 is 13.9 Å². The number of pyridine rings is 1. The van der Waals surface area contributed by atoms with Crippen LogP contribution in [0.25, 0.3) is 11.3 Å². The predicted molar refractivity (Wildman–Crippen MR) is 87.6 cm³/mol. The van der Waals surface area contributed by atoms with Gasteiger partial charge in [-0.05, 0) is 18.2 Å². The van der Waals surface area contributed by atoms with E-state index in [9.17, 15) is 19.1 Å². The molecule has 3 rings (SSSR count). The molecule has 0 bridgehead atoms. The lowest BCUT2D eigenvalue weighted by atomic mass is 10.1. The largest absolute Gasteiger partial charge is 0.492 e. The summed E-state index contributed by atoms with van der Waals surface area (Å²) in [5.74, 6) is -2.27. The molecule has 0 amide bonds. The Morgan fingerprint density at radius 1 is 1.16 bits per heavy atom. The van der Waals surface area contributed by atoms with Gasteiger partial charge in [0.2, 0.25) is 5.88 Å². The van der Waals surface area contributed by atoms with E-state index in [2.05, 4.69) is 15.0 Å². The Kier molecular flexibility index (Phi) is 4.86. The number of nitrogens with zero attached hydrogens (tertiary/aromatic N) is 4. The van der Waals surface area contributed by atoms with Crippen molar-refractivity contribution in [1.29, 1.82) is 5.26 Å². The van der Waals surface area contributed by atoms with Crippen molar-refractivity contribution in [3.8, 4) is 23.2 Å². The van der Waals surface area contributed by atoms with Gasteiger partial charge in [0.25, 0.3) is 0 Å². The summed E-state index contributed by atoms with van der Waals surface area (Å²) >= 11 is 1.02. The molecule has 5 nitrogen and oxygen atoms in total. The van der Waals surface area contributed by atoms with Crippen LogP contribution in [0.15, 0.2) is 47.9 Å². The van der Waals surface area contributed by atoms with Crippen LogP contribution in [0.5, 0.6) is 5.88 Å². The highest BCUT2D eigenvalue weighted by atomic mass is 32.2. The number of hydrogen-bond donors (Lipinski definition) is 1. The van der Waals surface area contributed by atoms with E-state index < -0.39 is 17.5 Å². The summed E-state index contributed by atoms with van der Waals surface area (Å²) in [5, 5.41) is 19.3. The van der Waals surface area contributed by atoms with E-state index >= 15 is 0 Å². The van der Waals surface area contributed by atoms with Crippen molar-refractivity contribution in [3.05, 3.63) is 65.5 Å². The highest BCUT2D eigenvalue weighted by Gasteiger charge is 2.17.